The molecule has 0 saturated heterocycles. The molecule has 0 N–H and O–H groups in total. The number of imidazole rings is 1. The topological polar surface area (TPSA) is 38.1 Å². The third-order valence-electron chi connectivity index (χ3n) is 5.34. The zero-order valence-electron chi connectivity index (χ0n) is 16.6. The minimum absolute atomic E-state index is 0.172. The first-order valence-corrected chi connectivity index (χ1v) is 9.53. The van der Waals surface area contributed by atoms with Gasteiger partial charge in [0.25, 0.3) is 5.91 Å². The van der Waals surface area contributed by atoms with Crippen molar-refractivity contribution in [2.45, 2.75) is 19.9 Å². The van der Waals surface area contributed by atoms with Gasteiger partial charge in [-0.25, -0.2) is 9.37 Å². The average molecular weight is 387 g/mol. The first-order valence-electron chi connectivity index (χ1n) is 9.53. The molecule has 3 aromatic carbocycles. The molecule has 0 aliphatic rings. The summed E-state index contributed by atoms with van der Waals surface area (Å²) in [6.45, 7) is 3.77. The molecule has 1 atom stereocenters. The Morgan fingerprint density at radius 3 is 2.45 bits per heavy atom. The number of carbonyl (C=O) groups is 1. The Morgan fingerprint density at radius 1 is 1.03 bits per heavy atom. The van der Waals surface area contributed by atoms with E-state index in [0.717, 1.165) is 22.5 Å². The maximum Gasteiger partial charge on any atom is 0.254 e. The number of carbonyl (C=O) groups excluding carboxylic acids is 1. The summed E-state index contributed by atoms with van der Waals surface area (Å²) in [5.41, 5.74) is 3.74. The van der Waals surface area contributed by atoms with Crippen molar-refractivity contribution in [2.24, 2.45) is 0 Å². The van der Waals surface area contributed by atoms with Gasteiger partial charge in [0.2, 0.25) is 0 Å². The monoisotopic (exact) mass is 387 g/mol. The molecule has 0 aliphatic carbocycles. The minimum Gasteiger partial charge on any atom is -0.335 e. The SMILES string of the molecule is Cc1nc2cc(C(=O)N(C)[C@@H](C)c3ccccc3F)ccc2n1-c1ccccc1. The number of halogens is 1. The molecule has 0 saturated carbocycles. The van der Waals surface area contributed by atoms with Crippen LogP contribution in [0, 0.1) is 12.7 Å². The molecule has 0 unspecified atom stereocenters. The van der Waals surface area contributed by atoms with E-state index >= 15 is 0 Å². The van der Waals surface area contributed by atoms with Gasteiger partial charge in [-0.2, -0.15) is 0 Å². The third-order valence-corrected chi connectivity index (χ3v) is 5.34. The van der Waals surface area contributed by atoms with E-state index < -0.39 is 0 Å². The average Bonchev–Trinajstić information content (AvgIpc) is 3.08. The van der Waals surface area contributed by atoms with E-state index in [1.54, 1.807) is 42.3 Å². The highest BCUT2D eigenvalue weighted by molar-refractivity contribution is 5.97. The Kier molecular flexibility index (Phi) is 4.89. The molecule has 29 heavy (non-hydrogen) atoms. The predicted octanol–water partition coefficient (Wildman–Crippen LogP) is 5.31. The van der Waals surface area contributed by atoms with E-state index in [4.69, 9.17) is 0 Å². The van der Waals surface area contributed by atoms with Crippen molar-refractivity contribution in [3.8, 4) is 5.69 Å². The Hall–Kier alpha value is -3.47. The number of rotatable bonds is 4. The lowest BCUT2D eigenvalue weighted by Crippen LogP contribution is -2.30. The van der Waals surface area contributed by atoms with Gasteiger partial charge in [-0.3, -0.25) is 9.36 Å². The molecule has 0 fully saturated rings. The van der Waals surface area contributed by atoms with E-state index in [9.17, 15) is 9.18 Å². The van der Waals surface area contributed by atoms with Crippen molar-refractivity contribution in [1.82, 2.24) is 14.5 Å². The number of nitrogens with zero attached hydrogens (tertiary/aromatic N) is 3. The number of aromatic nitrogens is 2. The quantitative estimate of drug-likeness (QED) is 0.476. The van der Waals surface area contributed by atoms with Gasteiger partial charge in [-0.1, -0.05) is 36.4 Å². The third kappa shape index (κ3) is 3.40. The molecule has 1 heterocycles. The Labute approximate surface area is 169 Å². The highest BCUT2D eigenvalue weighted by Gasteiger charge is 2.22. The summed E-state index contributed by atoms with van der Waals surface area (Å²) in [5.74, 6) is 0.366. The Bertz CT molecular complexity index is 1180. The van der Waals surface area contributed by atoms with E-state index in [2.05, 4.69) is 9.55 Å². The summed E-state index contributed by atoms with van der Waals surface area (Å²) in [7, 11) is 1.69. The number of para-hydroxylation sites is 1. The summed E-state index contributed by atoms with van der Waals surface area (Å²) >= 11 is 0. The molecule has 0 spiro atoms. The predicted molar refractivity (Wildman–Crippen MR) is 113 cm³/mol. The molecule has 4 rings (SSSR count). The van der Waals surface area contributed by atoms with Crippen LogP contribution in [0.15, 0.2) is 72.8 Å². The number of amides is 1. The summed E-state index contributed by atoms with van der Waals surface area (Å²) in [6, 6.07) is 21.7. The second kappa shape index (κ2) is 7.51. The van der Waals surface area contributed by atoms with E-state index in [-0.39, 0.29) is 17.8 Å². The summed E-state index contributed by atoms with van der Waals surface area (Å²) in [5, 5.41) is 0. The fourth-order valence-corrected chi connectivity index (χ4v) is 3.64. The van der Waals surface area contributed by atoms with Crippen LogP contribution in [0.1, 0.15) is 34.7 Å². The van der Waals surface area contributed by atoms with Gasteiger partial charge in [-0.05, 0) is 50.2 Å². The van der Waals surface area contributed by atoms with Gasteiger partial charge >= 0.3 is 0 Å². The van der Waals surface area contributed by atoms with Gasteiger partial charge in [0.1, 0.15) is 11.6 Å². The van der Waals surface area contributed by atoms with Gasteiger partial charge in [0.15, 0.2) is 0 Å². The zero-order chi connectivity index (χ0) is 20.5. The normalized spacial score (nSPS) is 12.1. The number of hydrogen-bond acceptors (Lipinski definition) is 2. The summed E-state index contributed by atoms with van der Waals surface area (Å²) in [6.07, 6.45) is 0. The summed E-state index contributed by atoms with van der Waals surface area (Å²) in [4.78, 5) is 19.2. The van der Waals surface area contributed by atoms with Gasteiger partial charge in [-0.15, -0.1) is 0 Å². The van der Waals surface area contributed by atoms with E-state index in [1.165, 1.54) is 6.07 Å². The molecular weight excluding hydrogens is 365 g/mol. The van der Waals surface area contributed by atoms with Crippen LogP contribution in [0.25, 0.3) is 16.7 Å². The van der Waals surface area contributed by atoms with Crippen LogP contribution in [-0.4, -0.2) is 27.4 Å². The van der Waals surface area contributed by atoms with Crippen LogP contribution in [0.3, 0.4) is 0 Å². The van der Waals surface area contributed by atoms with Gasteiger partial charge in [0, 0.05) is 23.9 Å². The highest BCUT2D eigenvalue weighted by atomic mass is 19.1. The lowest BCUT2D eigenvalue weighted by Gasteiger charge is -2.25. The number of aryl methyl sites for hydroxylation is 1. The molecule has 1 aromatic heterocycles. The van der Waals surface area contributed by atoms with Crippen molar-refractivity contribution in [1.29, 1.82) is 0 Å². The fourth-order valence-electron chi connectivity index (χ4n) is 3.64. The van der Waals surface area contributed by atoms with Crippen LogP contribution >= 0.6 is 0 Å². The Balaban J connectivity index is 1.68. The van der Waals surface area contributed by atoms with Crippen molar-refractivity contribution >= 4 is 16.9 Å². The molecule has 4 nitrogen and oxygen atoms in total. The molecule has 4 aromatic rings. The number of benzene rings is 3. The largest absolute Gasteiger partial charge is 0.335 e. The minimum atomic E-state index is -0.386. The second-order valence-electron chi connectivity index (χ2n) is 7.15. The van der Waals surface area contributed by atoms with Crippen molar-refractivity contribution in [3.63, 3.8) is 0 Å². The van der Waals surface area contributed by atoms with E-state index in [1.807, 2.05) is 50.2 Å². The van der Waals surface area contributed by atoms with Crippen molar-refractivity contribution < 1.29 is 9.18 Å². The van der Waals surface area contributed by atoms with Crippen molar-refractivity contribution in [3.05, 3.63) is 95.6 Å². The smallest absolute Gasteiger partial charge is 0.254 e. The van der Waals surface area contributed by atoms with Gasteiger partial charge < -0.3 is 4.90 Å². The van der Waals surface area contributed by atoms with Crippen LogP contribution in [0.4, 0.5) is 4.39 Å². The molecule has 0 aliphatic heterocycles. The molecule has 0 bridgehead atoms. The first-order chi connectivity index (χ1) is 14.0. The maximum atomic E-state index is 14.1. The van der Waals surface area contributed by atoms with Crippen LogP contribution < -0.4 is 0 Å². The van der Waals surface area contributed by atoms with Gasteiger partial charge in [0.05, 0.1) is 17.1 Å². The molecular formula is C24H22FN3O. The van der Waals surface area contributed by atoms with E-state index in [0.29, 0.717) is 11.1 Å². The maximum absolute atomic E-state index is 14.1. The van der Waals surface area contributed by atoms with Crippen molar-refractivity contribution in [2.75, 3.05) is 7.05 Å². The number of hydrogen-bond donors (Lipinski definition) is 0. The lowest BCUT2D eigenvalue weighted by molar-refractivity contribution is 0.0740. The fraction of sp³-hybridized carbons (Fsp3) is 0.167. The van der Waals surface area contributed by atoms with Crippen LogP contribution in [0.2, 0.25) is 0 Å². The summed E-state index contributed by atoms with van der Waals surface area (Å²) < 4.78 is 16.2. The van der Waals surface area contributed by atoms with Crippen LogP contribution in [0.5, 0.6) is 0 Å². The number of fused-ring (bicyclic) bond motifs is 1. The molecule has 0 radical (unpaired) electrons. The molecule has 146 valence electrons. The van der Waals surface area contributed by atoms with Crippen LogP contribution in [-0.2, 0) is 0 Å². The Morgan fingerprint density at radius 2 is 1.72 bits per heavy atom. The highest BCUT2D eigenvalue weighted by Crippen LogP contribution is 2.26. The second-order valence-corrected chi connectivity index (χ2v) is 7.15. The lowest BCUT2D eigenvalue weighted by atomic mass is 10.1. The standard InChI is InChI=1S/C24H22FN3O/c1-16(20-11-7-8-12-21(20)25)27(3)24(29)18-13-14-23-22(15-18)26-17(2)28(23)19-9-5-4-6-10-19/h4-16H,1-3H3/t16-/m0/s1. The molecule has 1 amide bonds. The zero-order valence-corrected chi connectivity index (χ0v) is 16.6. The molecule has 5 heteroatoms. The first kappa shape index (κ1) is 18.9.